The molecule has 14 heavy (non-hydrogen) atoms. The number of nitrogens with zero attached hydrogens (tertiary/aromatic N) is 1. The predicted octanol–water partition coefficient (Wildman–Crippen LogP) is 1.90. The first-order chi connectivity index (χ1) is 6.49. The normalized spacial score (nSPS) is 12.6. The van der Waals surface area contributed by atoms with E-state index in [1.807, 2.05) is 6.08 Å². The van der Waals surface area contributed by atoms with Crippen LogP contribution in [0.3, 0.4) is 0 Å². The average molecular weight is 213 g/mol. The molecule has 0 saturated carbocycles. The third-order valence-corrected chi connectivity index (χ3v) is 3.02. The number of hydrogen-bond acceptors (Lipinski definition) is 2. The highest BCUT2D eigenvalue weighted by Crippen LogP contribution is 2.02. The number of aliphatic hydroxyl groups is 1. The monoisotopic (exact) mass is 213 g/mol. The molecule has 3 heteroatoms. The molecule has 0 aliphatic heterocycles. The minimum Gasteiger partial charge on any atom is -0.395 e. The quantitative estimate of drug-likeness (QED) is 0.516. The molecule has 0 saturated heterocycles. The van der Waals surface area contributed by atoms with Crippen molar-refractivity contribution in [2.45, 2.75) is 19.6 Å². The molecule has 1 N–H and O–H groups in total. The summed E-state index contributed by atoms with van der Waals surface area (Å²) in [4.78, 5) is 2.17. The molecule has 0 aromatic carbocycles. The Labute approximate surface area is 88.9 Å². The lowest BCUT2D eigenvalue weighted by Crippen LogP contribution is -2.27. The minimum atomic E-state index is -1.07. The van der Waals surface area contributed by atoms with Gasteiger partial charge in [0.2, 0.25) is 0 Å². The lowest BCUT2D eigenvalue weighted by atomic mass is 10.4. The Morgan fingerprint density at radius 3 is 2.36 bits per heavy atom. The van der Waals surface area contributed by atoms with E-state index in [9.17, 15) is 0 Å². The van der Waals surface area contributed by atoms with Crippen LogP contribution in [0.4, 0.5) is 0 Å². The lowest BCUT2D eigenvalue weighted by molar-refractivity contribution is 0.220. The second kappa shape index (κ2) is 6.98. The van der Waals surface area contributed by atoms with Gasteiger partial charge >= 0.3 is 0 Å². The smallest absolute Gasteiger partial charge is 0.0683 e. The van der Waals surface area contributed by atoms with Crippen LogP contribution in [0.5, 0.6) is 0 Å². The molecule has 0 aliphatic rings. The molecule has 0 unspecified atom stereocenters. The van der Waals surface area contributed by atoms with Crippen molar-refractivity contribution in [3.63, 3.8) is 0 Å². The summed E-state index contributed by atoms with van der Waals surface area (Å²) in [6.45, 7) is 13.3. The maximum Gasteiger partial charge on any atom is 0.0683 e. The van der Waals surface area contributed by atoms with Gasteiger partial charge in [-0.25, -0.2) is 0 Å². The van der Waals surface area contributed by atoms with Gasteiger partial charge in [-0.2, -0.15) is 0 Å². The third-order valence-electron chi connectivity index (χ3n) is 1.78. The molecule has 0 amide bonds. The number of aliphatic hydroxyl groups excluding tert-OH is 1. The largest absolute Gasteiger partial charge is 0.395 e. The van der Waals surface area contributed by atoms with Crippen molar-refractivity contribution < 1.29 is 5.11 Å². The minimum absolute atomic E-state index is 0.217. The number of rotatable bonds is 7. The van der Waals surface area contributed by atoms with Gasteiger partial charge in [-0.15, -0.1) is 6.58 Å². The van der Waals surface area contributed by atoms with E-state index in [-0.39, 0.29) is 6.61 Å². The van der Waals surface area contributed by atoms with Crippen molar-refractivity contribution in [1.82, 2.24) is 4.90 Å². The molecule has 0 radical (unpaired) electrons. The van der Waals surface area contributed by atoms with E-state index in [2.05, 4.69) is 42.9 Å². The molecule has 82 valence electrons. The summed E-state index contributed by atoms with van der Waals surface area (Å²) in [5.41, 5.74) is 2.33. The molecule has 2 nitrogen and oxygen atoms in total. The van der Waals surface area contributed by atoms with Gasteiger partial charge in [0.05, 0.1) is 14.7 Å². The summed E-state index contributed by atoms with van der Waals surface area (Å²) in [5, 5.41) is 8.83. The van der Waals surface area contributed by atoms with E-state index in [1.54, 1.807) is 0 Å². The Morgan fingerprint density at radius 1 is 1.29 bits per heavy atom. The summed E-state index contributed by atoms with van der Waals surface area (Å²) < 4.78 is 0. The average Bonchev–Trinajstić information content (AvgIpc) is 2.02. The summed E-state index contributed by atoms with van der Waals surface area (Å²) in [7, 11) is -1.07. The molecule has 0 bridgehead atoms. The van der Waals surface area contributed by atoms with Gasteiger partial charge in [-0.1, -0.05) is 37.5 Å². The zero-order chi connectivity index (χ0) is 11.0. The Hall–Kier alpha value is -0.383. The standard InChI is InChI=1S/C11H23NOSi/c1-5-7-12(9-10-13)8-6-11-14(2,3)4/h5-6,11,13H,1,7-10H2,2-4H3/b11-6+. The van der Waals surface area contributed by atoms with Gasteiger partial charge in [-0.05, 0) is 0 Å². The molecule has 0 heterocycles. The SMILES string of the molecule is C=CCN(C/C=C/[Si](C)(C)C)CCO. The zero-order valence-electron chi connectivity index (χ0n) is 9.66. The van der Waals surface area contributed by atoms with Gasteiger partial charge in [0.25, 0.3) is 0 Å². The van der Waals surface area contributed by atoms with E-state index < -0.39 is 8.07 Å². The van der Waals surface area contributed by atoms with Crippen LogP contribution in [-0.2, 0) is 0 Å². The Morgan fingerprint density at radius 2 is 1.93 bits per heavy atom. The Kier molecular flexibility index (Phi) is 6.79. The number of hydrogen-bond donors (Lipinski definition) is 1. The summed E-state index contributed by atoms with van der Waals surface area (Å²) in [5.74, 6) is 0. The van der Waals surface area contributed by atoms with E-state index in [0.717, 1.165) is 19.6 Å². The Bertz CT molecular complexity index is 184. The van der Waals surface area contributed by atoms with E-state index in [4.69, 9.17) is 5.11 Å². The van der Waals surface area contributed by atoms with Crippen LogP contribution in [0.15, 0.2) is 24.4 Å². The van der Waals surface area contributed by atoms with Gasteiger partial charge in [0.15, 0.2) is 0 Å². The van der Waals surface area contributed by atoms with E-state index in [0.29, 0.717) is 0 Å². The summed E-state index contributed by atoms with van der Waals surface area (Å²) >= 11 is 0. The fourth-order valence-corrected chi connectivity index (χ4v) is 1.95. The Balaban J connectivity index is 3.92. The zero-order valence-corrected chi connectivity index (χ0v) is 10.7. The van der Waals surface area contributed by atoms with Crippen LogP contribution < -0.4 is 0 Å². The lowest BCUT2D eigenvalue weighted by Gasteiger charge is -2.17. The summed E-state index contributed by atoms with van der Waals surface area (Å²) in [6, 6.07) is 0. The van der Waals surface area contributed by atoms with Crippen molar-refractivity contribution in [2.24, 2.45) is 0 Å². The van der Waals surface area contributed by atoms with Crippen LogP contribution in [0, 0.1) is 0 Å². The molecular weight excluding hydrogens is 190 g/mol. The first kappa shape index (κ1) is 13.6. The van der Waals surface area contributed by atoms with Gasteiger partial charge in [0, 0.05) is 19.6 Å². The van der Waals surface area contributed by atoms with Crippen molar-refractivity contribution in [3.05, 3.63) is 24.4 Å². The van der Waals surface area contributed by atoms with Crippen LogP contribution >= 0.6 is 0 Å². The highest BCUT2D eigenvalue weighted by Gasteiger charge is 2.07. The second-order valence-corrected chi connectivity index (χ2v) is 9.61. The fourth-order valence-electron chi connectivity index (χ4n) is 1.14. The first-order valence-electron chi connectivity index (χ1n) is 5.11. The fraction of sp³-hybridized carbons (Fsp3) is 0.636. The van der Waals surface area contributed by atoms with Crippen molar-refractivity contribution in [3.8, 4) is 0 Å². The summed E-state index contributed by atoms with van der Waals surface area (Å²) in [6.07, 6.45) is 4.09. The van der Waals surface area contributed by atoms with Crippen LogP contribution in [0.2, 0.25) is 19.6 Å². The van der Waals surface area contributed by atoms with Gasteiger partial charge < -0.3 is 5.11 Å². The maximum absolute atomic E-state index is 8.83. The van der Waals surface area contributed by atoms with Crippen molar-refractivity contribution >= 4 is 8.07 Å². The highest BCUT2D eigenvalue weighted by molar-refractivity contribution is 6.80. The molecule has 0 rings (SSSR count). The molecule has 0 spiro atoms. The second-order valence-electron chi connectivity index (χ2n) is 4.54. The highest BCUT2D eigenvalue weighted by atomic mass is 28.3. The molecule has 0 aromatic rings. The molecule has 0 aromatic heterocycles. The third kappa shape index (κ3) is 8.23. The van der Waals surface area contributed by atoms with Crippen LogP contribution in [-0.4, -0.2) is 44.3 Å². The van der Waals surface area contributed by atoms with Crippen LogP contribution in [0.1, 0.15) is 0 Å². The molecule has 0 fully saturated rings. The topological polar surface area (TPSA) is 23.5 Å². The predicted molar refractivity (Wildman–Crippen MR) is 66.2 cm³/mol. The van der Waals surface area contributed by atoms with Crippen molar-refractivity contribution in [1.29, 1.82) is 0 Å². The molecule has 0 atom stereocenters. The molecule has 0 aliphatic carbocycles. The van der Waals surface area contributed by atoms with Gasteiger partial charge in [-0.3, -0.25) is 4.90 Å². The maximum atomic E-state index is 8.83. The first-order valence-corrected chi connectivity index (χ1v) is 8.69. The van der Waals surface area contributed by atoms with E-state index in [1.165, 1.54) is 0 Å². The van der Waals surface area contributed by atoms with Crippen LogP contribution in [0.25, 0.3) is 0 Å². The van der Waals surface area contributed by atoms with Gasteiger partial charge in [0.1, 0.15) is 0 Å². The van der Waals surface area contributed by atoms with E-state index >= 15 is 0 Å². The van der Waals surface area contributed by atoms with Crippen molar-refractivity contribution in [2.75, 3.05) is 26.2 Å². The molecular formula is C11H23NOSi.